The fourth-order valence-corrected chi connectivity index (χ4v) is 7.96. The van der Waals surface area contributed by atoms with Crippen molar-refractivity contribution in [2.24, 2.45) is 0 Å². The second-order valence-electron chi connectivity index (χ2n) is 6.58. The summed E-state index contributed by atoms with van der Waals surface area (Å²) in [5, 5.41) is 0.541. The molecule has 0 radical (unpaired) electrons. The molecule has 2 fully saturated rings. The number of alkyl halides is 1. The van der Waals surface area contributed by atoms with Gasteiger partial charge in [0.2, 0.25) is 0 Å². The van der Waals surface area contributed by atoms with Gasteiger partial charge in [-0.05, 0) is 37.5 Å². The summed E-state index contributed by atoms with van der Waals surface area (Å²) >= 11 is 6.83. The molecule has 0 N–H and O–H groups in total. The highest BCUT2D eigenvalue weighted by molar-refractivity contribution is 7.60. The first-order chi connectivity index (χ1) is 9.38. The van der Waals surface area contributed by atoms with E-state index in [9.17, 15) is 0 Å². The van der Waals surface area contributed by atoms with Crippen LogP contribution in [0.5, 0.6) is 0 Å². The molecule has 0 aromatic carbocycles. The van der Waals surface area contributed by atoms with Crippen molar-refractivity contribution in [2.75, 3.05) is 6.16 Å². The molecule has 0 aromatic rings. The van der Waals surface area contributed by atoms with Crippen LogP contribution in [0.2, 0.25) is 0 Å². The van der Waals surface area contributed by atoms with Crippen LogP contribution in [0, 0.1) is 0 Å². The molecule has 19 heavy (non-hydrogen) atoms. The smallest absolute Gasteiger partial charge is 0.0535 e. The van der Waals surface area contributed by atoms with Gasteiger partial charge in [0.25, 0.3) is 0 Å². The van der Waals surface area contributed by atoms with Crippen LogP contribution < -0.4 is 0 Å². The Hall–Kier alpha value is 0.720. The molecule has 112 valence electrons. The highest BCUT2D eigenvalue weighted by atomic mass is 35.5. The Morgan fingerprint density at radius 3 is 1.68 bits per heavy atom. The minimum absolute atomic E-state index is 0.113. The third-order valence-electron chi connectivity index (χ3n) is 5.01. The monoisotopic (exact) mass is 302 g/mol. The molecule has 1 aliphatic carbocycles. The third kappa shape index (κ3) is 5.92. The SMILES string of the molecule is ClC1CCCCCCCP1C1CCCCCCCC1. The van der Waals surface area contributed by atoms with E-state index in [0.717, 1.165) is 5.66 Å². The van der Waals surface area contributed by atoms with Crippen LogP contribution in [0.25, 0.3) is 0 Å². The summed E-state index contributed by atoms with van der Waals surface area (Å²) in [7, 11) is 0.113. The number of hydrogen-bond donors (Lipinski definition) is 0. The Balaban J connectivity index is 1.92. The summed E-state index contributed by atoms with van der Waals surface area (Å²) in [5.74, 6) is 0. The highest BCUT2D eigenvalue weighted by Gasteiger charge is 2.27. The van der Waals surface area contributed by atoms with Crippen LogP contribution >= 0.6 is 19.5 Å². The summed E-state index contributed by atoms with van der Waals surface area (Å²) in [6.45, 7) is 0. The van der Waals surface area contributed by atoms with Crippen LogP contribution in [0.3, 0.4) is 0 Å². The summed E-state index contributed by atoms with van der Waals surface area (Å²) in [6.07, 6.45) is 21.9. The minimum atomic E-state index is 0.113. The van der Waals surface area contributed by atoms with E-state index in [2.05, 4.69) is 0 Å². The first kappa shape index (κ1) is 16.1. The quantitative estimate of drug-likeness (QED) is 0.365. The van der Waals surface area contributed by atoms with E-state index in [0.29, 0.717) is 5.12 Å². The molecular formula is C17H32ClP. The lowest BCUT2D eigenvalue weighted by Crippen LogP contribution is -2.14. The summed E-state index contributed by atoms with van der Waals surface area (Å²) in [4.78, 5) is 0. The lowest BCUT2D eigenvalue weighted by atomic mass is 10.1. The molecule has 2 atom stereocenters. The molecule has 0 aromatic heterocycles. The van der Waals surface area contributed by atoms with Crippen molar-refractivity contribution in [3.63, 3.8) is 0 Å². The summed E-state index contributed by atoms with van der Waals surface area (Å²) < 4.78 is 0. The predicted molar refractivity (Wildman–Crippen MR) is 89.9 cm³/mol. The molecule has 0 amide bonds. The van der Waals surface area contributed by atoms with Crippen molar-refractivity contribution in [3.05, 3.63) is 0 Å². The molecule has 1 heterocycles. The standard InChI is InChI=1S/C17H32ClP/c18-17-14-10-6-3-7-11-15-19(17)16-12-8-4-1-2-5-9-13-16/h16-17H,1-15H2. The van der Waals surface area contributed by atoms with Gasteiger partial charge in [-0.3, -0.25) is 0 Å². The fourth-order valence-electron chi connectivity index (χ4n) is 3.80. The van der Waals surface area contributed by atoms with Crippen LogP contribution in [0.4, 0.5) is 0 Å². The Morgan fingerprint density at radius 1 is 0.579 bits per heavy atom. The second kappa shape index (κ2) is 9.62. The molecule has 1 saturated heterocycles. The zero-order valence-electron chi connectivity index (χ0n) is 12.6. The summed E-state index contributed by atoms with van der Waals surface area (Å²) in [6, 6.07) is 0. The van der Waals surface area contributed by atoms with E-state index >= 15 is 0 Å². The first-order valence-electron chi connectivity index (χ1n) is 8.78. The molecule has 2 aliphatic rings. The normalized spacial score (nSPS) is 33.3. The maximum atomic E-state index is 6.83. The molecule has 2 heteroatoms. The Kier molecular flexibility index (Phi) is 8.15. The molecule has 2 rings (SSSR count). The van der Waals surface area contributed by atoms with Gasteiger partial charge in [-0.1, -0.05) is 72.1 Å². The van der Waals surface area contributed by atoms with Crippen LogP contribution in [-0.4, -0.2) is 16.9 Å². The molecule has 1 saturated carbocycles. The van der Waals surface area contributed by atoms with Crippen LogP contribution in [0.15, 0.2) is 0 Å². The average Bonchev–Trinajstić information content (AvgIpc) is 2.60. The van der Waals surface area contributed by atoms with Crippen molar-refractivity contribution < 1.29 is 0 Å². The zero-order valence-corrected chi connectivity index (χ0v) is 14.2. The Morgan fingerprint density at radius 2 is 1.05 bits per heavy atom. The van der Waals surface area contributed by atoms with Crippen molar-refractivity contribution in [1.82, 2.24) is 0 Å². The fraction of sp³-hybridized carbons (Fsp3) is 1.00. The van der Waals surface area contributed by atoms with Gasteiger partial charge < -0.3 is 0 Å². The summed E-state index contributed by atoms with van der Waals surface area (Å²) in [5.41, 5.74) is 1.01. The van der Waals surface area contributed by atoms with Crippen LogP contribution in [-0.2, 0) is 0 Å². The van der Waals surface area contributed by atoms with Gasteiger partial charge in [0.15, 0.2) is 0 Å². The van der Waals surface area contributed by atoms with Crippen molar-refractivity contribution in [3.8, 4) is 0 Å². The maximum absolute atomic E-state index is 6.83. The van der Waals surface area contributed by atoms with Crippen molar-refractivity contribution in [2.45, 2.75) is 101 Å². The van der Waals surface area contributed by atoms with E-state index in [1.54, 1.807) is 0 Å². The van der Waals surface area contributed by atoms with Gasteiger partial charge >= 0.3 is 0 Å². The highest BCUT2D eigenvalue weighted by Crippen LogP contribution is 2.54. The molecule has 1 aliphatic heterocycles. The van der Waals surface area contributed by atoms with Crippen molar-refractivity contribution >= 4 is 19.5 Å². The number of rotatable bonds is 1. The predicted octanol–water partition coefficient (Wildman–Crippen LogP) is 6.89. The van der Waals surface area contributed by atoms with Gasteiger partial charge in [-0.25, -0.2) is 0 Å². The number of halogens is 1. The number of hydrogen-bond acceptors (Lipinski definition) is 0. The molecular weight excluding hydrogens is 271 g/mol. The topological polar surface area (TPSA) is 0 Å². The third-order valence-corrected chi connectivity index (χ3v) is 9.25. The van der Waals surface area contributed by atoms with Gasteiger partial charge in [-0.15, -0.1) is 11.6 Å². The molecule has 0 spiro atoms. The van der Waals surface area contributed by atoms with Gasteiger partial charge in [-0.2, -0.15) is 0 Å². The van der Waals surface area contributed by atoms with E-state index in [1.165, 1.54) is 96.1 Å². The lowest BCUT2D eigenvalue weighted by Gasteiger charge is -2.31. The molecule has 0 bridgehead atoms. The lowest BCUT2D eigenvalue weighted by molar-refractivity contribution is 0.624. The van der Waals surface area contributed by atoms with Crippen molar-refractivity contribution in [1.29, 1.82) is 0 Å². The Labute approximate surface area is 126 Å². The first-order valence-corrected chi connectivity index (χ1v) is 10.9. The minimum Gasteiger partial charge on any atom is -0.118 e. The second-order valence-corrected chi connectivity index (χ2v) is 10.2. The van der Waals surface area contributed by atoms with E-state index in [4.69, 9.17) is 11.6 Å². The van der Waals surface area contributed by atoms with Gasteiger partial charge in [0, 0.05) is 0 Å². The zero-order chi connectivity index (χ0) is 13.3. The van der Waals surface area contributed by atoms with E-state index in [-0.39, 0.29) is 7.92 Å². The van der Waals surface area contributed by atoms with E-state index in [1.807, 2.05) is 0 Å². The van der Waals surface area contributed by atoms with Gasteiger partial charge in [0.05, 0.1) is 5.12 Å². The molecule has 2 unspecified atom stereocenters. The Bertz CT molecular complexity index is 221. The van der Waals surface area contributed by atoms with E-state index < -0.39 is 0 Å². The largest absolute Gasteiger partial charge is 0.118 e. The average molecular weight is 303 g/mol. The van der Waals surface area contributed by atoms with Crippen LogP contribution in [0.1, 0.15) is 89.9 Å². The van der Waals surface area contributed by atoms with Gasteiger partial charge in [0.1, 0.15) is 0 Å². The maximum Gasteiger partial charge on any atom is 0.0535 e. The molecule has 0 nitrogen and oxygen atoms in total.